The normalized spacial score (nSPS) is 13.8. The number of thiophene rings is 1. The first kappa shape index (κ1) is 18.6. The molecule has 1 saturated heterocycles. The largest absolute Gasteiger partial charge is 0.368 e. The minimum absolute atomic E-state index is 0.0937. The zero-order chi connectivity index (χ0) is 18.4. The summed E-state index contributed by atoms with van der Waals surface area (Å²) in [6.45, 7) is 7.38. The smallest absolute Gasteiger partial charge is 0.220 e. The molecule has 2 N–H and O–H groups in total. The summed E-state index contributed by atoms with van der Waals surface area (Å²) >= 11 is 1.72. The maximum absolute atomic E-state index is 12.0. The van der Waals surface area contributed by atoms with Crippen LogP contribution in [0.3, 0.4) is 0 Å². The summed E-state index contributed by atoms with van der Waals surface area (Å²) in [5.74, 6) is 2.68. The minimum Gasteiger partial charge on any atom is -0.368 e. The Hall–Kier alpha value is -2.15. The Kier molecular flexibility index (Phi) is 6.44. The number of carbonyl (C=O) groups is 1. The topological polar surface area (TPSA) is 70.2 Å². The van der Waals surface area contributed by atoms with Gasteiger partial charge in [0.05, 0.1) is 0 Å². The zero-order valence-corrected chi connectivity index (χ0v) is 16.4. The third-order valence-electron chi connectivity index (χ3n) is 4.56. The molecular formula is C19H27N5OS. The van der Waals surface area contributed by atoms with Gasteiger partial charge < -0.3 is 15.5 Å². The Balaban J connectivity index is 1.40. The molecule has 140 valence electrons. The number of rotatable bonds is 8. The minimum atomic E-state index is 0.0937. The van der Waals surface area contributed by atoms with Gasteiger partial charge in [0.15, 0.2) is 0 Å². The van der Waals surface area contributed by atoms with E-state index < -0.39 is 0 Å². The van der Waals surface area contributed by atoms with Gasteiger partial charge in [-0.05, 0) is 50.1 Å². The van der Waals surface area contributed by atoms with Crippen molar-refractivity contribution in [3.05, 3.63) is 33.8 Å². The van der Waals surface area contributed by atoms with Crippen LogP contribution in [0.1, 0.15) is 35.5 Å². The molecule has 1 amide bonds. The van der Waals surface area contributed by atoms with Gasteiger partial charge in [0.2, 0.25) is 5.91 Å². The Morgan fingerprint density at radius 1 is 1.23 bits per heavy atom. The molecule has 1 fully saturated rings. The van der Waals surface area contributed by atoms with Gasteiger partial charge in [-0.1, -0.05) is 0 Å². The van der Waals surface area contributed by atoms with Gasteiger partial charge in [0.1, 0.15) is 17.5 Å². The van der Waals surface area contributed by atoms with E-state index in [9.17, 15) is 4.79 Å². The molecule has 0 radical (unpaired) electrons. The molecule has 3 heterocycles. The maximum Gasteiger partial charge on any atom is 0.220 e. The highest BCUT2D eigenvalue weighted by Crippen LogP contribution is 2.20. The van der Waals surface area contributed by atoms with E-state index in [4.69, 9.17) is 0 Å². The van der Waals surface area contributed by atoms with Crippen LogP contribution in [0.5, 0.6) is 0 Å². The molecule has 0 bridgehead atoms. The van der Waals surface area contributed by atoms with Crippen LogP contribution in [0.15, 0.2) is 17.5 Å². The van der Waals surface area contributed by atoms with E-state index >= 15 is 0 Å². The number of aryl methyl sites for hydroxylation is 3. The highest BCUT2D eigenvalue weighted by Gasteiger charge is 2.15. The van der Waals surface area contributed by atoms with Crippen LogP contribution in [0.25, 0.3) is 0 Å². The van der Waals surface area contributed by atoms with Crippen molar-refractivity contribution in [2.45, 2.75) is 39.5 Å². The predicted molar refractivity (Wildman–Crippen MR) is 107 cm³/mol. The van der Waals surface area contributed by atoms with Crippen molar-refractivity contribution in [1.29, 1.82) is 0 Å². The highest BCUT2D eigenvalue weighted by atomic mass is 32.1. The van der Waals surface area contributed by atoms with E-state index in [0.29, 0.717) is 19.5 Å². The van der Waals surface area contributed by atoms with Crippen molar-refractivity contribution in [2.24, 2.45) is 0 Å². The number of aromatic nitrogens is 2. The summed E-state index contributed by atoms with van der Waals surface area (Å²) in [4.78, 5) is 24.5. The second-order valence-corrected chi connectivity index (χ2v) is 7.66. The third kappa shape index (κ3) is 5.17. The molecule has 1 aliphatic heterocycles. The van der Waals surface area contributed by atoms with Crippen LogP contribution in [0.4, 0.5) is 11.6 Å². The van der Waals surface area contributed by atoms with Gasteiger partial charge in [-0.25, -0.2) is 9.97 Å². The molecule has 0 aliphatic carbocycles. The first-order valence-electron chi connectivity index (χ1n) is 9.26. The van der Waals surface area contributed by atoms with Crippen molar-refractivity contribution in [3.63, 3.8) is 0 Å². The number of nitrogens with one attached hydrogen (secondary N) is 2. The summed E-state index contributed by atoms with van der Waals surface area (Å²) < 4.78 is 0. The Morgan fingerprint density at radius 2 is 2.04 bits per heavy atom. The molecule has 0 spiro atoms. The van der Waals surface area contributed by atoms with Crippen LogP contribution in [0.2, 0.25) is 0 Å². The Labute approximate surface area is 159 Å². The van der Waals surface area contributed by atoms with E-state index in [-0.39, 0.29) is 5.91 Å². The van der Waals surface area contributed by atoms with Crippen LogP contribution in [-0.2, 0) is 11.2 Å². The fourth-order valence-electron chi connectivity index (χ4n) is 3.12. The summed E-state index contributed by atoms with van der Waals surface area (Å²) in [5, 5.41) is 8.34. The highest BCUT2D eigenvalue weighted by molar-refractivity contribution is 7.10. The van der Waals surface area contributed by atoms with Crippen molar-refractivity contribution >= 4 is 28.9 Å². The second-order valence-electron chi connectivity index (χ2n) is 6.66. The van der Waals surface area contributed by atoms with Crippen molar-refractivity contribution in [1.82, 2.24) is 15.3 Å². The van der Waals surface area contributed by atoms with Crippen LogP contribution in [0, 0.1) is 13.8 Å². The van der Waals surface area contributed by atoms with E-state index in [2.05, 4.69) is 43.9 Å². The second kappa shape index (κ2) is 8.98. The van der Waals surface area contributed by atoms with Gasteiger partial charge in [0.25, 0.3) is 0 Å². The lowest BCUT2D eigenvalue weighted by molar-refractivity contribution is -0.120. The standard InChI is InChI=1S/C19H27N5OS/c1-14-7-12-26-16(14)5-6-19(25)21-9-8-20-17-13-18(23-15(2)22-17)24-10-3-4-11-24/h7,12-13H,3-6,8-11H2,1-2H3,(H,21,25)(H,20,22,23). The SMILES string of the molecule is Cc1nc(NCCNC(=O)CCc2sccc2C)cc(N2CCCC2)n1. The van der Waals surface area contributed by atoms with Crippen LogP contribution < -0.4 is 15.5 Å². The summed E-state index contributed by atoms with van der Waals surface area (Å²) in [6, 6.07) is 4.10. The number of amides is 1. The molecular weight excluding hydrogens is 346 g/mol. The van der Waals surface area contributed by atoms with Crippen molar-refractivity contribution in [2.75, 3.05) is 36.4 Å². The Morgan fingerprint density at radius 3 is 2.77 bits per heavy atom. The molecule has 2 aromatic heterocycles. The first-order chi connectivity index (χ1) is 12.6. The number of nitrogens with zero attached hydrogens (tertiary/aromatic N) is 3. The first-order valence-corrected chi connectivity index (χ1v) is 10.1. The van der Waals surface area contributed by atoms with Gasteiger partial charge in [0, 0.05) is 43.5 Å². The van der Waals surface area contributed by atoms with E-state index in [0.717, 1.165) is 37.0 Å². The van der Waals surface area contributed by atoms with Crippen molar-refractivity contribution < 1.29 is 4.79 Å². The number of hydrogen-bond acceptors (Lipinski definition) is 6. The molecule has 3 rings (SSSR count). The molecule has 0 saturated carbocycles. The lowest BCUT2D eigenvalue weighted by atomic mass is 10.2. The number of hydrogen-bond donors (Lipinski definition) is 2. The zero-order valence-electron chi connectivity index (χ0n) is 15.5. The summed E-state index contributed by atoms with van der Waals surface area (Å²) in [7, 11) is 0. The fourth-order valence-corrected chi connectivity index (χ4v) is 4.03. The quantitative estimate of drug-likeness (QED) is 0.696. The molecule has 6 nitrogen and oxygen atoms in total. The van der Waals surface area contributed by atoms with Crippen molar-refractivity contribution in [3.8, 4) is 0 Å². The number of anilines is 2. The van der Waals surface area contributed by atoms with Crippen LogP contribution >= 0.6 is 11.3 Å². The number of carbonyl (C=O) groups excluding carboxylic acids is 1. The lowest BCUT2D eigenvalue weighted by Gasteiger charge is -2.17. The fraction of sp³-hybridized carbons (Fsp3) is 0.526. The average molecular weight is 374 g/mol. The van der Waals surface area contributed by atoms with E-state index in [1.165, 1.54) is 23.3 Å². The summed E-state index contributed by atoms with van der Waals surface area (Å²) in [5.41, 5.74) is 1.28. The third-order valence-corrected chi connectivity index (χ3v) is 5.64. The predicted octanol–water partition coefficient (Wildman–Crippen LogP) is 2.92. The molecule has 1 aliphatic rings. The lowest BCUT2D eigenvalue weighted by Crippen LogP contribution is -2.29. The molecule has 0 aromatic carbocycles. The monoisotopic (exact) mass is 373 g/mol. The van der Waals surface area contributed by atoms with Gasteiger partial charge in [-0.3, -0.25) is 4.79 Å². The summed E-state index contributed by atoms with van der Waals surface area (Å²) in [6.07, 6.45) is 3.80. The van der Waals surface area contributed by atoms with Gasteiger partial charge in [-0.2, -0.15) is 0 Å². The van der Waals surface area contributed by atoms with Gasteiger partial charge >= 0.3 is 0 Å². The Bertz CT molecular complexity index is 739. The maximum atomic E-state index is 12.0. The van der Waals surface area contributed by atoms with Crippen LogP contribution in [-0.4, -0.2) is 42.1 Å². The van der Waals surface area contributed by atoms with E-state index in [1.807, 2.05) is 13.0 Å². The molecule has 0 atom stereocenters. The van der Waals surface area contributed by atoms with Gasteiger partial charge in [-0.15, -0.1) is 11.3 Å². The molecule has 7 heteroatoms. The molecule has 26 heavy (non-hydrogen) atoms. The average Bonchev–Trinajstić information content (AvgIpc) is 3.28. The van der Waals surface area contributed by atoms with E-state index in [1.54, 1.807) is 11.3 Å². The molecule has 2 aromatic rings. The molecule has 0 unspecified atom stereocenters.